The van der Waals surface area contributed by atoms with E-state index >= 15 is 0 Å². The summed E-state index contributed by atoms with van der Waals surface area (Å²) in [5.41, 5.74) is 6.54. The van der Waals surface area contributed by atoms with Crippen LogP contribution >= 0.6 is 0 Å². The molecule has 1 aromatic carbocycles. The molecule has 0 bridgehead atoms. The Balaban J connectivity index is 1.86. The van der Waals surface area contributed by atoms with Crippen LogP contribution in [0.15, 0.2) is 24.3 Å². The first-order chi connectivity index (χ1) is 11.8. The molecule has 5 heteroatoms. The summed E-state index contributed by atoms with van der Waals surface area (Å²) in [6.45, 7) is 7.37. The molecule has 2 unspecified atom stereocenters. The number of likely N-dealkylation sites (N-methyl/N-ethyl adjacent to an activating group) is 1. The van der Waals surface area contributed by atoms with Gasteiger partial charge in [-0.2, -0.15) is 0 Å². The monoisotopic (exact) mass is 348 g/mol. The van der Waals surface area contributed by atoms with E-state index in [1.54, 1.807) is 12.0 Å². The Kier molecular flexibility index (Phi) is 6.12. The van der Waals surface area contributed by atoms with Gasteiger partial charge in [-0.3, -0.25) is 4.79 Å². The van der Waals surface area contributed by atoms with Gasteiger partial charge < -0.3 is 20.1 Å². The molecule has 0 saturated heterocycles. The molecular formula is C20H32N2O3. The average Bonchev–Trinajstić information content (AvgIpc) is 2.61. The fraction of sp³-hybridized carbons (Fsp3) is 0.650. The lowest BCUT2D eigenvalue weighted by Gasteiger charge is -2.58. The summed E-state index contributed by atoms with van der Waals surface area (Å²) in [5, 5.41) is 0. The van der Waals surface area contributed by atoms with Gasteiger partial charge in [0.25, 0.3) is 0 Å². The van der Waals surface area contributed by atoms with E-state index in [0.29, 0.717) is 19.6 Å². The standard InChI is InChI=1S/C20H32N2O3/c1-6-25-17-14-20(21,19(17,2)3)18(23)22(4)13-7-8-15-9-11-16(24-5)12-10-15/h9-12,17H,6-8,13-14,21H2,1-5H3. The van der Waals surface area contributed by atoms with Crippen LogP contribution in [0.25, 0.3) is 0 Å². The number of methoxy groups -OCH3 is 1. The van der Waals surface area contributed by atoms with E-state index in [-0.39, 0.29) is 17.4 Å². The van der Waals surface area contributed by atoms with Crippen LogP contribution in [0.4, 0.5) is 0 Å². The number of ether oxygens (including phenoxy) is 2. The lowest BCUT2D eigenvalue weighted by Crippen LogP contribution is -2.75. The van der Waals surface area contributed by atoms with Crippen molar-refractivity contribution in [3.05, 3.63) is 29.8 Å². The number of hydrogen-bond acceptors (Lipinski definition) is 4. The maximum absolute atomic E-state index is 12.9. The number of aryl methyl sites for hydroxylation is 1. The van der Waals surface area contributed by atoms with Crippen LogP contribution in [0.2, 0.25) is 0 Å². The topological polar surface area (TPSA) is 64.8 Å². The van der Waals surface area contributed by atoms with Crippen LogP contribution in [-0.4, -0.2) is 49.8 Å². The number of rotatable bonds is 8. The molecule has 2 atom stereocenters. The first-order valence-electron chi connectivity index (χ1n) is 9.05. The Morgan fingerprint density at radius 2 is 1.96 bits per heavy atom. The van der Waals surface area contributed by atoms with Crippen molar-refractivity contribution in [2.45, 2.75) is 51.7 Å². The van der Waals surface area contributed by atoms with Gasteiger partial charge in [0.1, 0.15) is 11.3 Å². The van der Waals surface area contributed by atoms with Gasteiger partial charge in [0, 0.05) is 32.0 Å². The molecule has 0 spiro atoms. The zero-order valence-corrected chi connectivity index (χ0v) is 16.2. The zero-order chi connectivity index (χ0) is 18.7. The van der Waals surface area contributed by atoms with E-state index in [4.69, 9.17) is 15.2 Å². The third-order valence-electron chi connectivity index (χ3n) is 5.68. The highest BCUT2D eigenvalue weighted by Gasteiger charge is 2.63. The van der Waals surface area contributed by atoms with Crippen molar-refractivity contribution in [3.8, 4) is 5.75 Å². The molecular weight excluding hydrogens is 316 g/mol. The number of carbonyl (C=O) groups excluding carboxylic acids is 1. The number of hydrogen-bond donors (Lipinski definition) is 1. The zero-order valence-electron chi connectivity index (χ0n) is 16.2. The second-order valence-corrected chi connectivity index (χ2v) is 7.52. The fourth-order valence-corrected chi connectivity index (χ4v) is 3.55. The minimum atomic E-state index is -0.832. The average molecular weight is 348 g/mol. The van der Waals surface area contributed by atoms with Crippen molar-refractivity contribution in [2.24, 2.45) is 11.1 Å². The van der Waals surface area contributed by atoms with Gasteiger partial charge in [0.05, 0.1) is 13.2 Å². The predicted molar refractivity (Wildman–Crippen MR) is 99.7 cm³/mol. The summed E-state index contributed by atoms with van der Waals surface area (Å²) in [6, 6.07) is 8.05. The molecule has 0 aliphatic heterocycles. The highest BCUT2D eigenvalue weighted by atomic mass is 16.5. The minimum absolute atomic E-state index is 0.0168. The lowest BCUT2D eigenvalue weighted by atomic mass is 9.54. The Labute approximate surface area is 151 Å². The summed E-state index contributed by atoms with van der Waals surface area (Å²) < 4.78 is 10.9. The molecule has 1 saturated carbocycles. The third kappa shape index (κ3) is 3.82. The Morgan fingerprint density at radius 1 is 1.32 bits per heavy atom. The van der Waals surface area contributed by atoms with E-state index in [0.717, 1.165) is 18.6 Å². The molecule has 5 nitrogen and oxygen atoms in total. The maximum Gasteiger partial charge on any atom is 0.243 e. The van der Waals surface area contributed by atoms with E-state index in [9.17, 15) is 4.79 Å². The van der Waals surface area contributed by atoms with E-state index in [1.165, 1.54) is 5.56 Å². The summed E-state index contributed by atoms with van der Waals surface area (Å²) in [4.78, 5) is 14.6. The molecule has 25 heavy (non-hydrogen) atoms. The second-order valence-electron chi connectivity index (χ2n) is 7.52. The van der Waals surface area contributed by atoms with Gasteiger partial charge in [-0.1, -0.05) is 26.0 Å². The molecule has 0 aromatic heterocycles. The molecule has 140 valence electrons. The molecule has 2 N–H and O–H groups in total. The summed E-state index contributed by atoms with van der Waals surface area (Å²) in [5.74, 6) is 0.875. The van der Waals surface area contributed by atoms with Gasteiger partial charge in [-0.05, 0) is 37.5 Å². The largest absolute Gasteiger partial charge is 0.497 e. The molecule has 1 aliphatic carbocycles. The third-order valence-corrected chi connectivity index (χ3v) is 5.68. The van der Waals surface area contributed by atoms with E-state index in [2.05, 4.69) is 12.1 Å². The van der Waals surface area contributed by atoms with Crippen LogP contribution in [0.1, 0.15) is 39.2 Å². The molecule has 1 fully saturated rings. The molecule has 1 aliphatic rings. The lowest BCUT2D eigenvalue weighted by molar-refractivity contribution is -0.178. The van der Waals surface area contributed by atoms with Gasteiger partial charge in [0.2, 0.25) is 5.91 Å². The van der Waals surface area contributed by atoms with Gasteiger partial charge in [-0.15, -0.1) is 0 Å². The van der Waals surface area contributed by atoms with Crippen LogP contribution in [0.3, 0.4) is 0 Å². The SMILES string of the molecule is CCOC1CC(N)(C(=O)N(C)CCCc2ccc(OC)cc2)C1(C)C. The smallest absolute Gasteiger partial charge is 0.243 e. The van der Waals surface area contributed by atoms with Crippen molar-refractivity contribution in [1.29, 1.82) is 0 Å². The number of nitrogens with two attached hydrogens (primary N) is 1. The molecule has 1 amide bonds. The maximum atomic E-state index is 12.9. The van der Waals surface area contributed by atoms with E-state index in [1.807, 2.05) is 40.0 Å². The summed E-state index contributed by atoms with van der Waals surface area (Å²) in [7, 11) is 3.51. The summed E-state index contributed by atoms with van der Waals surface area (Å²) >= 11 is 0. The quantitative estimate of drug-likeness (QED) is 0.784. The highest BCUT2D eigenvalue weighted by Crippen LogP contribution is 2.50. The minimum Gasteiger partial charge on any atom is -0.497 e. The van der Waals surface area contributed by atoms with Crippen molar-refractivity contribution in [2.75, 3.05) is 27.3 Å². The predicted octanol–water partition coefficient (Wildman–Crippen LogP) is 2.62. The van der Waals surface area contributed by atoms with Crippen LogP contribution < -0.4 is 10.5 Å². The summed E-state index contributed by atoms with van der Waals surface area (Å²) in [6.07, 6.45) is 2.47. The molecule has 0 radical (unpaired) electrons. The molecule has 1 aromatic rings. The van der Waals surface area contributed by atoms with Crippen molar-refractivity contribution >= 4 is 5.91 Å². The fourth-order valence-electron chi connectivity index (χ4n) is 3.55. The van der Waals surface area contributed by atoms with Crippen molar-refractivity contribution in [3.63, 3.8) is 0 Å². The molecule has 2 rings (SSSR count). The van der Waals surface area contributed by atoms with Crippen LogP contribution in [0, 0.1) is 5.41 Å². The van der Waals surface area contributed by atoms with E-state index < -0.39 is 5.54 Å². The van der Waals surface area contributed by atoms with Crippen molar-refractivity contribution < 1.29 is 14.3 Å². The normalized spacial score (nSPS) is 24.5. The van der Waals surface area contributed by atoms with Gasteiger partial charge >= 0.3 is 0 Å². The Morgan fingerprint density at radius 3 is 2.48 bits per heavy atom. The highest BCUT2D eigenvalue weighted by molar-refractivity contribution is 5.88. The van der Waals surface area contributed by atoms with Crippen LogP contribution in [-0.2, 0) is 16.0 Å². The first-order valence-corrected chi connectivity index (χ1v) is 9.05. The van der Waals surface area contributed by atoms with Crippen LogP contribution in [0.5, 0.6) is 5.75 Å². The van der Waals surface area contributed by atoms with Crippen molar-refractivity contribution in [1.82, 2.24) is 4.90 Å². The number of carbonyl (C=O) groups is 1. The van der Waals surface area contributed by atoms with Gasteiger partial charge in [-0.25, -0.2) is 0 Å². The number of amides is 1. The van der Waals surface area contributed by atoms with Gasteiger partial charge in [0.15, 0.2) is 0 Å². The Hall–Kier alpha value is -1.59. The second kappa shape index (κ2) is 7.75. The number of nitrogens with zero attached hydrogens (tertiary/aromatic N) is 1. The molecule has 0 heterocycles. The Bertz CT molecular complexity index is 585. The number of benzene rings is 1. The first kappa shape index (κ1) is 19.7.